The molecule has 5 heteroatoms. The highest BCUT2D eigenvalue weighted by molar-refractivity contribution is 7.79. The van der Waals surface area contributed by atoms with E-state index in [2.05, 4.69) is 4.98 Å². The molecule has 1 nitrogen and oxygen atoms in total. The lowest BCUT2D eigenvalue weighted by Crippen LogP contribution is -2.23. The molecule has 0 fully saturated rings. The molecule has 0 unspecified atom stereocenters. The van der Waals surface area contributed by atoms with Gasteiger partial charge in [0.2, 0.25) is 0 Å². The Balaban J connectivity index is 2.13. The van der Waals surface area contributed by atoms with E-state index >= 15 is 0 Å². The fraction of sp³-hybridized carbons (Fsp3) is 0. The van der Waals surface area contributed by atoms with Crippen molar-refractivity contribution in [3.8, 4) is 0 Å². The van der Waals surface area contributed by atoms with E-state index in [-0.39, 0.29) is 11.6 Å². The Morgan fingerprint density at radius 2 is 1.23 bits per heavy atom. The van der Waals surface area contributed by atoms with E-state index in [1.54, 1.807) is 30.3 Å². The van der Waals surface area contributed by atoms with Gasteiger partial charge in [0.1, 0.15) is 16.8 Å². The summed E-state index contributed by atoms with van der Waals surface area (Å²) in [6.45, 7) is 0. The molecule has 0 aliphatic rings. The maximum Gasteiger partial charge on any atom is 0.129 e. The van der Waals surface area contributed by atoms with Crippen molar-refractivity contribution in [1.29, 1.82) is 0 Å². The third kappa shape index (κ3) is 3.32. The fourth-order valence-electron chi connectivity index (χ4n) is 2.12. The van der Waals surface area contributed by atoms with Gasteiger partial charge in [-0.3, -0.25) is 0 Å². The van der Waals surface area contributed by atoms with Gasteiger partial charge in [-0.2, -0.15) is 0 Å². The minimum Gasteiger partial charge on any atom is -0.236 e. The number of pyridine rings is 1. The van der Waals surface area contributed by atoms with Gasteiger partial charge >= 0.3 is 0 Å². The maximum absolute atomic E-state index is 13.2. The molecule has 3 rings (SSSR count). The standard InChI is InChI=1S/C17H11ClF2NP/c18-16-2-1-3-17(21-16)22(14-8-4-12(19)5-9-14)15-10-6-13(20)7-11-15/h1-11H. The van der Waals surface area contributed by atoms with Crippen LogP contribution in [0.1, 0.15) is 0 Å². The fourth-order valence-corrected chi connectivity index (χ4v) is 4.50. The molecule has 0 N–H and O–H groups in total. The summed E-state index contributed by atoms with van der Waals surface area (Å²) in [6, 6.07) is 18.0. The summed E-state index contributed by atoms with van der Waals surface area (Å²) >= 11 is 5.99. The molecular weight excluding hydrogens is 323 g/mol. The molecule has 0 radical (unpaired) electrons. The molecule has 1 aromatic heterocycles. The van der Waals surface area contributed by atoms with Gasteiger partial charge in [0, 0.05) is 7.92 Å². The van der Waals surface area contributed by atoms with Crippen LogP contribution in [0.4, 0.5) is 8.78 Å². The van der Waals surface area contributed by atoms with Crippen LogP contribution in [0.3, 0.4) is 0 Å². The van der Waals surface area contributed by atoms with E-state index < -0.39 is 7.92 Å². The zero-order valence-corrected chi connectivity index (χ0v) is 13.0. The molecule has 0 aliphatic heterocycles. The molecule has 22 heavy (non-hydrogen) atoms. The highest BCUT2D eigenvalue weighted by atomic mass is 35.5. The molecule has 0 amide bonds. The zero-order chi connectivity index (χ0) is 15.5. The van der Waals surface area contributed by atoms with E-state index in [1.165, 1.54) is 24.3 Å². The first-order chi connectivity index (χ1) is 10.6. The number of nitrogens with zero attached hydrogens (tertiary/aromatic N) is 1. The van der Waals surface area contributed by atoms with Gasteiger partial charge in [-0.25, -0.2) is 13.8 Å². The predicted molar refractivity (Wildman–Crippen MR) is 87.9 cm³/mol. The quantitative estimate of drug-likeness (QED) is 0.525. The first kappa shape index (κ1) is 15.1. The molecule has 0 saturated carbocycles. The minimum absolute atomic E-state index is 0.295. The molecule has 2 aromatic carbocycles. The van der Waals surface area contributed by atoms with E-state index in [0.29, 0.717) is 5.15 Å². The molecule has 0 bridgehead atoms. The van der Waals surface area contributed by atoms with Crippen molar-refractivity contribution in [2.24, 2.45) is 0 Å². The molecular formula is C17H11ClF2NP. The SMILES string of the molecule is Fc1ccc(P(c2ccc(F)cc2)c2cccc(Cl)n2)cc1. The second-order valence-corrected chi connectivity index (χ2v) is 7.16. The van der Waals surface area contributed by atoms with Crippen LogP contribution in [0, 0.1) is 11.6 Å². The monoisotopic (exact) mass is 333 g/mol. The van der Waals surface area contributed by atoms with E-state index in [4.69, 9.17) is 11.6 Å². The molecule has 0 aliphatic carbocycles. The first-order valence-corrected chi connectivity index (χ1v) is 8.29. The average Bonchev–Trinajstić information content (AvgIpc) is 2.51. The van der Waals surface area contributed by atoms with Gasteiger partial charge in [0.15, 0.2) is 0 Å². The van der Waals surface area contributed by atoms with Crippen LogP contribution in [-0.2, 0) is 0 Å². The molecule has 3 aromatic rings. The minimum atomic E-state index is -1.02. The lowest BCUT2D eigenvalue weighted by Gasteiger charge is -2.18. The van der Waals surface area contributed by atoms with Crippen LogP contribution in [-0.4, -0.2) is 4.98 Å². The van der Waals surface area contributed by atoms with Gasteiger partial charge in [0.25, 0.3) is 0 Å². The number of halogens is 3. The van der Waals surface area contributed by atoms with Crippen LogP contribution in [0.5, 0.6) is 0 Å². The van der Waals surface area contributed by atoms with Crippen molar-refractivity contribution in [2.45, 2.75) is 0 Å². The molecule has 0 spiro atoms. The van der Waals surface area contributed by atoms with Gasteiger partial charge in [-0.1, -0.05) is 41.9 Å². The summed E-state index contributed by atoms with van der Waals surface area (Å²) in [5, 5.41) is 2.25. The van der Waals surface area contributed by atoms with Crippen molar-refractivity contribution >= 4 is 35.6 Å². The van der Waals surface area contributed by atoms with E-state index in [0.717, 1.165) is 16.0 Å². The smallest absolute Gasteiger partial charge is 0.129 e. The number of hydrogen-bond donors (Lipinski definition) is 0. The van der Waals surface area contributed by atoms with Gasteiger partial charge < -0.3 is 0 Å². The first-order valence-electron chi connectivity index (χ1n) is 6.57. The van der Waals surface area contributed by atoms with Crippen molar-refractivity contribution in [3.05, 3.63) is 83.5 Å². The second-order valence-electron chi connectivity index (χ2n) is 4.61. The average molecular weight is 334 g/mol. The van der Waals surface area contributed by atoms with Crippen molar-refractivity contribution < 1.29 is 8.78 Å². The van der Waals surface area contributed by atoms with Crippen molar-refractivity contribution in [2.75, 3.05) is 0 Å². The second kappa shape index (κ2) is 6.51. The van der Waals surface area contributed by atoms with Crippen LogP contribution in [0.15, 0.2) is 66.7 Å². The topological polar surface area (TPSA) is 12.9 Å². The third-order valence-electron chi connectivity index (χ3n) is 3.10. The Morgan fingerprint density at radius 3 is 1.68 bits per heavy atom. The lowest BCUT2D eigenvalue weighted by molar-refractivity contribution is 0.628. The summed E-state index contributed by atoms with van der Waals surface area (Å²) < 4.78 is 26.4. The highest BCUT2D eigenvalue weighted by Crippen LogP contribution is 2.32. The molecule has 0 atom stereocenters. The number of aromatic nitrogens is 1. The summed E-state index contributed by atoms with van der Waals surface area (Å²) in [6.07, 6.45) is 0. The highest BCUT2D eigenvalue weighted by Gasteiger charge is 2.18. The van der Waals surface area contributed by atoms with Crippen molar-refractivity contribution in [3.63, 3.8) is 0 Å². The summed E-state index contributed by atoms with van der Waals surface area (Å²) in [5.41, 5.74) is 0.792. The molecule has 110 valence electrons. The lowest BCUT2D eigenvalue weighted by atomic mass is 10.3. The Labute approximate surface area is 133 Å². The number of rotatable bonds is 3. The van der Waals surface area contributed by atoms with Gasteiger partial charge in [-0.05, 0) is 47.0 Å². The maximum atomic E-state index is 13.2. The van der Waals surface area contributed by atoms with Gasteiger partial charge in [-0.15, -0.1) is 0 Å². The van der Waals surface area contributed by atoms with E-state index in [1.807, 2.05) is 12.1 Å². The number of benzene rings is 2. The molecule has 1 heterocycles. The largest absolute Gasteiger partial charge is 0.236 e. The Bertz CT molecular complexity index is 730. The van der Waals surface area contributed by atoms with Gasteiger partial charge in [0.05, 0.1) is 5.44 Å². The summed E-state index contributed by atoms with van der Waals surface area (Å²) in [5.74, 6) is -0.589. The normalized spacial score (nSPS) is 10.9. The third-order valence-corrected chi connectivity index (χ3v) is 5.65. The van der Waals surface area contributed by atoms with Crippen LogP contribution < -0.4 is 16.0 Å². The Hall–Kier alpha value is -1.83. The van der Waals surface area contributed by atoms with E-state index in [9.17, 15) is 8.78 Å². The van der Waals surface area contributed by atoms with Crippen LogP contribution in [0.25, 0.3) is 0 Å². The summed E-state index contributed by atoms with van der Waals surface area (Å²) in [4.78, 5) is 4.38. The summed E-state index contributed by atoms with van der Waals surface area (Å²) in [7, 11) is -1.02. The predicted octanol–water partition coefficient (Wildman–Crippen LogP) is 3.77. The number of hydrogen-bond acceptors (Lipinski definition) is 1. The zero-order valence-electron chi connectivity index (χ0n) is 11.4. The Kier molecular flexibility index (Phi) is 4.47. The van der Waals surface area contributed by atoms with Crippen LogP contribution >= 0.6 is 19.5 Å². The Morgan fingerprint density at radius 1 is 0.727 bits per heavy atom. The molecule has 0 saturated heterocycles. The van der Waals surface area contributed by atoms with Crippen LogP contribution in [0.2, 0.25) is 5.15 Å². The van der Waals surface area contributed by atoms with Crippen molar-refractivity contribution in [1.82, 2.24) is 4.98 Å².